The molecule has 76 valence electrons. The van der Waals surface area contributed by atoms with Crippen molar-refractivity contribution < 1.29 is 0 Å². The molecule has 0 atom stereocenters. The molecule has 2 rings (SSSR count). The van der Waals surface area contributed by atoms with Crippen LogP contribution < -0.4 is 11.1 Å². The van der Waals surface area contributed by atoms with Gasteiger partial charge in [0.2, 0.25) is 0 Å². The van der Waals surface area contributed by atoms with Gasteiger partial charge in [0.15, 0.2) is 0 Å². The second kappa shape index (κ2) is 3.57. The highest BCUT2D eigenvalue weighted by molar-refractivity contribution is 5.62. The summed E-state index contributed by atoms with van der Waals surface area (Å²) in [6.07, 6.45) is 0. The van der Waals surface area contributed by atoms with Gasteiger partial charge < -0.3 is 0 Å². The Kier molecular flexibility index (Phi) is 2.25. The molecule has 0 unspecified atom stereocenters. The van der Waals surface area contributed by atoms with Gasteiger partial charge in [-0.2, -0.15) is 0 Å². The first-order valence-corrected chi connectivity index (χ1v) is 4.56. The molecule has 2 N–H and O–H groups in total. The van der Waals surface area contributed by atoms with E-state index in [0.29, 0.717) is 5.56 Å². The minimum atomic E-state index is -0.314. The van der Waals surface area contributed by atoms with Crippen molar-refractivity contribution >= 4 is 0 Å². The molecule has 0 aliphatic carbocycles. The maximum atomic E-state index is 11.5. The SMILES string of the molecule is Cc1cccc(-c2cc(=O)[nH][nH]c2=O)c1. The Hall–Kier alpha value is -2.10. The summed E-state index contributed by atoms with van der Waals surface area (Å²) in [5, 5.41) is 4.52. The van der Waals surface area contributed by atoms with Gasteiger partial charge in [0, 0.05) is 6.07 Å². The molecule has 1 heterocycles. The van der Waals surface area contributed by atoms with Crippen LogP contribution in [0, 0.1) is 6.92 Å². The van der Waals surface area contributed by atoms with Crippen LogP contribution in [-0.2, 0) is 0 Å². The minimum absolute atomic E-state index is 0.291. The van der Waals surface area contributed by atoms with Gasteiger partial charge in [0.25, 0.3) is 11.1 Å². The molecule has 0 saturated carbocycles. The van der Waals surface area contributed by atoms with Gasteiger partial charge in [-0.05, 0) is 12.5 Å². The lowest BCUT2D eigenvalue weighted by molar-refractivity contribution is 0.955. The first kappa shape index (κ1) is 9.45. The fourth-order valence-electron chi connectivity index (χ4n) is 1.45. The normalized spacial score (nSPS) is 10.2. The van der Waals surface area contributed by atoms with Crippen LogP contribution in [-0.4, -0.2) is 10.2 Å². The number of nitrogens with one attached hydrogen (secondary N) is 2. The van der Waals surface area contributed by atoms with Crippen molar-refractivity contribution in [2.75, 3.05) is 0 Å². The molecule has 0 fully saturated rings. The summed E-state index contributed by atoms with van der Waals surface area (Å²) in [6.45, 7) is 1.94. The number of rotatable bonds is 1. The summed E-state index contributed by atoms with van der Waals surface area (Å²) in [5.74, 6) is 0. The standard InChI is InChI=1S/C11H10N2O2/c1-7-3-2-4-8(5-7)9-6-10(14)12-13-11(9)15/h2-6H,1H3,(H,12,14)(H,13,15). The van der Waals surface area contributed by atoms with Gasteiger partial charge >= 0.3 is 0 Å². The second-order valence-corrected chi connectivity index (χ2v) is 3.37. The Morgan fingerprint density at radius 1 is 1.07 bits per heavy atom. The Morgan fingerprint density at radius 3 is 2.60 bits per heavy atom. The highest BCUT2D eigenvalue weighted by atomic mass is 16.1. The highest BCUT2D eigenvalue weighted by Gasteiger charge is 2.03. The Morgan fingerprint density at radius 2 is 1.87 bits per heavy atom. The lowest BCUT2D eigenvalue weighted by Crippen LogP contribution is -2.19. The van der Waals surface area contributed by atoms with Crippen molar-refractivity contribution in [3.8, 4) is 11.1 Å². The molecule has 2 aromatic rings. The lowest BCUT2D eigenvalue weighted by Gasteiger charge is -2.00. The van der Waals surface area contributed by atoms with E-state index in [4.69, 9.17) is 0 Å². The van der Waals surface area contributed by atoms with Crippen molar-refractivity contribution in [2.24, 2.45) is 0 Å². The highest BCUT2D eigenvalue weighted by Crippen LogP contribution is 2.14. The third kappa shape index (κ3) is 1.88. The number of benzene rings is 1. The van der Waals surface area contributed by atoms with Crippen LogP contribution in [0.2, 0.25) is 0 Å². The van der Waals surface area contributed by atoms with Gasteiger partial charge in [-0.1, -0.05) is 29.8 Å². The van der Waals surface area contributed by atoms with Crippen LogP contribution >= 0.6 is 0 Å². The first-order chi connectivity index (χ1) is 7.16. The summed E-state index contributed by atoms with van der Waals surface area (Å²) in [7, 11) is 0. The Labute approximate surface area is 85.6 Å². The van der Waals surface area contributed by atoms with Gasteiger partial charge in [0.05, 0.1) is 5.56 Å². The molecular weight excluding hydrogens is 192 g/mol. The molecule has 0 aliphatic rings. The third-order valence-electron chi connectivity index (χ3n) is 2.15. The number of aryl methyl sites for hydroxylation is 1. The van der Waals surface area contributed by atoms with Gasteiger partial charge in [-0.25, -0.2) is 0 Å². The zero-order chi connectivity index (χ0) is 10.8. The van der Waals surface area contributed by atoms with Crippen molar-refractivity contribution in [3.05, 3.63) is 56.6 Å². The largest absolute Gasteiger partial charge is 0.270 e. The molecule has 1 aromatic carbocycles. The monoisotopic (exact) mass is 202 g/mol. The predicted molar refractivity (Wildman–Crippen MR) is 57.9 cm³/mol. The molecule has 4 heteroatoms. The molecule has 0 aliphatic heterocycles. The summed E-state index contributed by atoms with van der Waals surface area (Å²) in [6, 6.07) is 8.75. The molecule has 0 bridgehead atoms. The Balaban J connectivity index is 2.69. The van der Waals surface area contributed by atoms with Crippen LogP contribution in [0.3, 0.4) is 0 Å². The van der Waals surface area contributed by atoms with Crippen LogP contribution in [0.5, 0.6) is 0 Å². The number of hydrogen-bond acceptors (Lipinski definition) is 2. The average molecular weight is 202 g/mol. The number of H-pyrrole nitrogens is 2. The van der Waals surface area contributed by atoms with E-state index in [1.165, 1.54) is 6.07 Å². The molecule has 1 aromatic heterocycles. The zero-order valence-corrected chi connectivity index (χ0v) is 8.20. The van der Waals surface area contributed by atoms with E-state index in [2.05, 4.69) is 10.2 Å². The third-order valence-corrected chi connectivity index (χ3v) is 2.15. The summed E-state index contributed by atoms with van der Waals surface area (Å²) >= 11 is 0. The van der Waals surface area contributed by atoms with E-state index in [0.717, 1.165) is 11.1 Å². The molecule has 0 amide bonds. The molecule has 4 nitrogen and oxygen atoms in total. The van der Waals surface area contributed by atoms with Gasteiger partial charge in [-0.15, -0.1) is 0 Å². The van der Waals surface area contributed by atoms with E-state index in [1.54, 1.807) is 6.07 Å². The predicted octanol–water partition coefficient (Wildman–Crippen LogP) is 1.04. The van der Waals surface area contributed by atoms with E-state index in [9.17, 15) is 9.59 Å². The molecular formula is C11H10N2O2. The minimum Gasteiger partial charge on any atom is -0.268 e. The van der Waals surface area contributed by atoms with Crippen LogP contribution in [0.1, 0.15) is 5.56 Å². The molecule has 0 spiro atoms. The van der Waals surface area contributed by atoms with Crippen LogP contribution in [0.15, 0.2) is 39.9 Å². The number of aromatic nitrogens is 2. The smallest absolute Gasteiger partial charge is 0.268 e. The van der Waals surface area contributed by atoms with Crippen molar-refractivity contribution in [1.82, 2.24) is 10.2 Å². The lowest BCUT2D eigenvalue weighted by atomic mass is 10.1. The molecule has 0 radical (unpaired) electrons. The fraction of sp³-hybridized carbons (Fsp3) is 0.0909. The quantitative estimate of drug-likeness (QED) is 0.725. The fourth-order valence-corrected chi connectivity index (χ4v) is 1.45. The van der Waals surface area contributed by atoms with E-state index < -0.39 is 0 Å². The Bertz CT molecular complexity index is 596. The average Bonchev–Trinajstić information content (AvgIpc) is 2.22. The van der Waals surface area contributed by atoms with Crippen molar-refractivity contribution in [3.63, 3.8) is 0 Å². The second-order valence-electron chi connectivity index (χ2n) is 3.37. The van der Waals surface area contributed by atoms with Crippen LogP contribution in [0.25, 0.3) is 11.1 Å². The summed E-state index contributed by atoms with van der Waals surface area (Å²) in [5.41, 5.74) is 1.59. The zero-order valence-electron chi connectivity index (χ0n) is 8.20. The van der Waals surface area contributed by atoms with Crippen LogP contribution in [0.4, 0.5) is 0 Å². The van der Waals surface area contributed by atoms with E-state index in [-0.39, 0.29) is 11.1 Å². The molecule has 15 heavy (non-hydrogen) atoms. The number of hydrogen-bond donors (Lipinski definition) is 2. The summed E-state index contributed by atoms with van der Waals surface area (Å²) < 4.78 is 0. The summed E-state index contributed by atoms with van der Waals surface area (Å²) in [4.78, 5) is 22.5. The van der Waals surface area contributed by atoms with E-state index >= 15 is 0 Å². The van der Waals surface area contributed by atoms with Crippen molar-refractivity contribution in [2.45, 2.75) is 6.92 Å². The number of aromatic amines is 2. The first-order valence-electron chi connectivity index (χ1n) is 4.56. The van der Waals surface area contributed by atoms with E-state index in [1.807, 2.05) is 25.1 Å². The van der Waals surface area contributed by atoms with Gasteiger partial charge in [0.1, 0.15) is 0 Å². The maximum absolute atomic E-state index is 11.5. The maximum Gasteiger partial charge on any atom is 0.270 e. The molecule has 0 saturated heterocycles. The van der Waals surface area contributed by atoms with Crippen molar-refractivity contribution in [1.29, 1.82) is 0 Å². The topological polar surface area (TPSA) is 65.7 Å². The van der Waals surface area contributed by atoms with Gasteiger partial charge in [-0.3, -0.25) is 19.8 Å².